The Kier molecular flexibility index (Phi) is 10.7. The monoisotopic (exact) mass is 663 g/mol. The lowest BCUT2D eigenvalue weighted by Crippen LogP contribution is -2.34. The quantitative estimate of drug-likeness (QED) is 0.154. The number of phosphoric acid groups is 1. The fraction of sp³-hybridized carbons (Fsp3) is 0.481. The maximum Gasteiger partial charge on any atom is 0.476 e. The molecule has 0 bridgehead atoms. The van der Waals surface area contributed by atoms with Gasteiger partial charge in [0.1, 0.15) is 28.5 Å². The summed E-state index contributed by atoms with van der Waals surface area (Å²) in [4.78, 5) is 23.0. The van der Waals surface area contributed by atoms with Gasteiger partial charge in [0.05, 0.1) is 37.3 Å². The lowest BCUT2D eigenvalue weighted by Gasteiger charge is -2.30. The number of phosphoric ester groups is 1. The van der Waals surface area contributed by atoms with Gasteiger partial charge in [-0.15, -0.1) is 0 Å². The molecular weight excluding hydrogens is 633 g/mol. The molecule has 0 aliphatic carbocycles. The van der Waals surface area contributed by atoms with E-state index in [9.17, 15) is 26.9 Å². The van der Waals surface area contributed by atoms with Crippen LogP contribution in [0, 0.1) is 17.7 Å². The molecular formula is C27H31ClF4N5O6P. The summed E-state index contributed by atoms with van der Waals surface area (Å²) in [6.45, 7) is 7.50. The van der Waals surface area contributed by atoms with Gasteiger partial charge in [0.15, 0.2) is 6.73 Å². The van der Waals surface area contributed by atoms with Crippen molar-refractivity contribution in [3.8, 4) is 11.6 Å². The van der Waals surface area contributed by atoms with Crippen LogP contribution in [0.3, 0.4) is 0 Å². The fourth-order valence-corrected chi connectivity index (χ4v) is 5.72. The van der Waals surface area contributed by atoms with E-state index < -0.39 is 43.4 Å². The number of benzene rings is 1. The van der Waals surface area contributed by atoms with Gasteiger partial charge in [0, 0.05) is 12.1 Å². The molecule has 11 nitrogen and oxygen atoms in total. The second-order valence-corrected chi connectivity index (χ2v) is 12.8. The molecule has 0 radical (unpaired) electrons. The lowest BCUT2D eigenvalue weighted by atomic mass is 10.1. The zero-order valence-corrected chi connectivity index (χ0v) is 26.0. The van der Waals surface area contributed by atoms with E-state index in [2.05, 4.69) is 15.1 Å². The standard InChI is InChI=1S/C27H31ClF4N5O6P/c1-16(2)12-40-44(39,41-13-17(3)4)42-15-37-26(38)24(28)22(10-35-37)36-8-7-19-21(11-36)33-14-34-25(19)43-23-6-5-18(29)9-20(23)27(30,31)32/h5-6,9-10,14,16-17H,7-8,11-13,15H2,1-4H3. The third-order valence-corrected chi connectivity index (χ3v) is 7.92. The zero-order valence-electron chi connectivity index (χ0n) is 24.3. The maximum atomic E-state index is 13.5. The van der Waals surface area contributed by atoms with E-state index in [0.717, 1.165) is 23.1 Å². The van der Waals surface area contributed by atoms with Crippen molar-refractivity contribution >= 4 is 25.1 Å². The molecule has 3 heterocycles. The van der Waals surface area contributed by atoms with Crippen LogP contribution < -0.4 is 15.2 Å². The van der Waals surface area contributed by atoms with Crippen molar-refractivity contribution in [1.29, 1.82) is 0 Å². The predicted octanol–water partition coefficient (Wildman–Crippen LogP) is 6.63. The summed E-state index contributed by atoms with van der Waals surface area (Å²) < 4.78 is 89.6. The molecule has 3 aromatic rings. The molecule has 1 aliphatic rings. The Morgan fingerprint density at radius 1 is 1.07 bits per heavy atom. The summed E-state index contributed by atoms with van der Waals surface area (Å²) in [5.74, 6) is -1.67. The number of hydrogen-bond acceptors (Lipinski definition) is 10. The average molecular weight is 664 g/mol. The summed E-state index contributed by atoms with van der Waals surface area (Å²) in [5.41, 5.74) is -0.861. The first-order chi connectivity index (χ1) is 20.7. The number of anilines is 1. The van der Waals surface area contributed by atoms with Gasteiger partial charge in [-0.2, -0.15) is 18.3 Å². The summed E-state index contributed by atoms with van der Waals surface area (Å²) in [7, 11) is -4.01. The molecule has 0 amide bonds. The number of aromatic nitrogens is 4. The second kappa shape index (κ2) is 13.9. The molecule has 240 valence electrons. The molecule has 0 fully saturated rings. The first kappa shape index (κ1) is 33.8. The van der Waals surface area contributed by atoms with Crippen LogP contribution in [0.4, 0.5) is 23.2 Å². The smallest absolute Gasteiger partial charge is 0.438 e. The number of rotatable bonds is 12. The molecule has 0 unspecified atom stereocenters. The Morgan fingerprint density at radius 3 is 2.39 bits per heavy atom. The highest BCUT2D eigenvalue weighted by molar-refractivity contribution is 7.48. The minimum Gasteiger partial charge on any atom is -0.438 e. The van der Waals surface area contributed by atoms with Crippen molar-refractivity contribution in [3.63, 3.8) is 0 Å². The van der Waals surface area contributed by atoms with Crippen LogP contribution >= 0.6 is 19.4 Å². The van der Waals surface area contributed by atoms with Crippen molar-refractivity contribution in [2.75, 3.05) is 24.7 Å². The van der Waals surface area contributed by atoms with Gasteiger partial charge in [-0.1, -0.05) is 39.3 Å². The van der Waals surface area contributed by atoms with Crippen molar-refractivity contribution < 1.29 is 40.4 Å². The van der Waals surface area contributed by atoms with Gasteiger partial charge in [-0.05, 0) is 36.5 Å². The van der Waals surface area contributed by atoms with Gasteiger partial charge in [-0.3, -0.25) is 18.4 Å². The van der Waals surface area contributed by atoms with Crippen LogP contribution in [0.5, 0.6) is 11.6 Å². The Balaban J connectivity index is 1.51. The zero-order chi connectivity index (χ0) is 32.2. The molecule has 0 atom stereocenters. The van der Waals surface area contributed by atoms with Crippen molar-refractivity contribution in [3.05, 3.63) is 68.7 Å². The Hall–Kier alpha value is -3.10. The van der Waals surface area contributed by atoms with Crippen molar-refractivity contribution in [2.24, 2.45) is 11.8 Å². The van der Waals surface area contributed by atoms with Gasteiger partial charge in [0.2, 0.25) is 5.88 Å². The molecule has 1 aliphatic heterocycles. The highest BCUT2D eigenvalue weighted by Gasteiger charge is 2.36. The second-order valence-electron chi connectivity index (χ2n) is 10.7. The molecule has 0 spiro atoms. The molecule has 4 rings (SSSR count). The van der Waals surface area contributed by atoms with E-state index >= 15 is 0 Å². The van der Waals surface area contributed by atoms with E-state index in [1.165, 1.54) is 6.20 Å². The lowest BCUT2D eigenvalue weighted by molar-refractivity contribution is -0.138. The molecule has 44 heavy (non-hydrogen) atoms. The Morgan fingerprint density at radius 2 is 1.75 bits per heavy atom. The predicted molar refractivity (Wildman–Crippen MR) is 152 cm³/mol. The van der Waals surface area contributed by atoms with Crippen LogP contribution in [0.2, 0.25) is 5.02 Å². The van der Waals surface area contributed by atoms with E-state index in [0.29, 0.717) is 17.3 Å². The van der Waals surface area contributed by atoms with Gasteiger partial charge >= 0.3 is 14.0 Å². The first-order valence-corrected chi connectivity index (χ1v) is 15.4. The molecule has 17 heteroatoms. The van der Waals surface area contributed by atoms with Crippen LogP contribution in [0.25, 0.3) is 0 Å². The van der Waals surface area contributed by atoms with Gasteiger partial charge in [-0.25, -0.2) is 23.6 Å². The normalized spacial score (nSPS) is 13.9. The number of alkyl halides is 3. The minimum atomic E-state index is -4.85. The minimum absolute atomic E-state index is 0.0482. The average Bonchev–Trinajstić information content (AvgIpc) is 2.96. The number of halogens is 5. The highest BCUT2D eigenvalue weighted by atomic mass is 35.5. The fourth-order valence-electron chi connectivity index (χ4n) is 4.02. The number of ether oxygens (including phenoxy) is 1. The molecule has 1 aromatic carbocycles. The topological polar surface area (TPSA) is 118 Å². The number of nitrogens with zero attached hydrogens (tertiary/aromatic N) is 5. The van der Waals surface area contributed by atoms with Crippen molar-refractivity contribution in [1.82, 2.24) is 19.7 Å². The van der Waals surface area contributed by atoms with E-state index in [1.54, 1.807) is 4.90 Å². The molecule has 2 aromatic heterocycles. The molecule has 0 saturated carbocycles. The summed E-state index contributed by atoms with van der Waals surface area (Å²) in [5, 5.41) is 3.91. The third kappa shape index (κ3) is 8.33. The summed E-state index contributed by atoms with van der Waals surface area (Å²) in [6.07, 6.45) is -2.17. The Bertz CT molecular complexity index is 1570. The number of hydrogen-bond donors (Lipinski definition) is 0. The molecule has 0 saturated heterocycles. The van der Waals surface area contributed by atoms with Gasteiger partial charge in [0.25, 0.3) is 5.56 Å². The number of fused-ring (bicyclic) bond motifs is 1. The SMILES string of the molecule is CC(C)COP(=O)(OCC(C)C)OCn1ncc(N2CCc3c(ncnc3Oc3ccc(F)cc3C(F)(F)F)C2)c(Cl)c1=O. The third-order valence-electron chi connectivity index (χ3n) is 6.20. The van der Waals surface area contributed by atoms with Crippen LogP contribution in [-0.2, 0) is 44.0 Å². The van der Waals surface area contributed by atoms with Crippen LogP contribution in [0.1, 0.15) is 44.5 Å². The Labute approximate surface area is 255 Å². The van der Waals surface area contributed by atoms with Crippen LogP contribution in [-0.4, -0.2) is 39.5 Å². The first-order valence-electron chi connectivity index (χ1n) is 13.6. The molecule has 0 N–H and O–H groups in total. The highest BCUT2D eigenvalue weighted by Crippen LogP contribution is 2.50. The van der Waals surface area contributed by atoms with Crippen LogP contribution in [0.15, 0.2) is 35.5 Å². The summed E-state index contributed by atoms with van der Waals surface area (Å²) in [6, 6.07) is 2.10. The maximum absolute atomic E-state index is 13.5. The summed E-state index contributed by atoms with van der Waals surface area (Å²) >= 11 is 6.43. The van der Waals surface area contributed by atoms with E-state index in [1.807, 2.05) is 27.7 Å². The largest absolute Gasteiger partial charge is 0.476 e. The van der Waals surface area contributed by atoms with Gasteiger partial charge < -0.3 is 9.64 Å². The van der Waals surface area contributed by atoms with Crippen molar-refractivity contribution in [2.45, 2.75) is 53.6 Å². The van der Waals surface area contributed by atoms with E-state index in [4.69, 9.17) is 29.9 Å². The van der Waals surface area contributed by atoms with E-state index in [-0.39, 0.29) is 61.1 Å².